The van der Waals surface area contributed by atoms with E-state index in [0.717, 1.165) is 6.29 Å². The van der Waals surface area contributed by atoms with Gasteiger partial charge in [-0.25, -0.2) is 4.39 Å². The molecule has 0 saturated heterocycles. The number of benzene rings is 1. The lowest BCUT2D eigenvalue weighted by Gasteiger charge is -2.06. The van der Waals surface area contributed by atoms with Gasteiger partial charge in [-0.1, -0.05) is 12.1 Å². The van der Waals surface area contributed by atoms with Crippen LogP contribution in [0.4, 0.5) is 4.39 Å². The molecule has 1 aromatic heterocycles. The monoisotopic (exact) mass is 215 g/mol. The highest BCUT2D eigenvalue weighted by atomic mass is 19.1. The number of nitrogens with zero attached hydrogens (tertiary/aromatic N) is 1. The van der Waals surface area contributed by atoms with Crippen LogP contribution in [0.2, 0.25) is 0 Å². The van der Waals surface area contributed by atoms with Crippen LogP contribution in [0.1, 0.15) is 16.1 Å². The second kappa shape index (κ2) is 4.23. The summed E-state index contributed by atoms with van der Waals surface area (Å²) < 4.78 is 13.1. The molecule has 0 unspecified atom stereocenters. The molecule has 0 saturated carbocycles. The van der Waals surface area contributed by atoms with Crippen LogP contribution in [-0.4, -0.2) is 11.3 Å². The smallest absolute Gasteiger partial charge is 0.152 e. The highest BCUT2D eigenvalue weighted by Gasteiger charge is 2.08. The molecule has 0 N–H and O–H groups in total. The molecular weight excluding hydrogens is 205 g/mol. The summed E-state index contributed by atoms with van der Waals surface area (Å²) in [5.41, 5.74) is 2.56. The molecule has 3 heteroatoms. The lowest BCUT2D eigenvalue weighted by molar-refractivity contribution is 0.112. The van der Waals surface area contributed by atoms with Crippen LogP contribution in [-0.2, 0) is 0 Å². The predicted molar refractivity (Wildman–Crippen MR) is 59.8 cm³/mol. The number of rotatable bonds is 2. The van der Waals surface area contributed by atoms with Crippen LogP contribution >= 0.6 is 0 Å². The highest BCUT2D eigenvalue weighted by Crippen LogP contribution is 2.24. The molecular formula is C13H10FNO. The van der Waals surface area contributed by atoms with E-state index in [-0.39, 0.29) is 5.82 Å². The van der Waals surface area contributed by atoms with Gasteiger partial charge in [-0.3, -0.25) is 9.78 Å². The van der Waals surface area contributed by atoms with Gasteiger partial charge in [0.2, 0.25) is 0 Å². The van der Waals surface area contributed by atoms with E-state index in [1.54, 1.807) is 31.3 Å². The van der Waals surface area contributed by atoms with E-state index in [9.17, 15) is 9.18 Å². The first-order valence-corrected chi connectivity index (χ1v) is 4.89. The molecule has 0 fully saturated rings. The highest BCUT2D eigenvalue weighted by molar-refractivity contribution is 5.88. The van der Waals surface area contributed by atoms with E-state index in [1.807, 2.05) is 0 Å². The van der Waals surface area contributed by atoms with Crippen molar-refractivity contribution in [1.82, 2.24) is 4.98 Å². The molecule has 0 aliphatic heterocycles. The topological polar surface area (TPSA) is 30.0 Å². The fourth-order valence-corrected chi connectivity index (χ4v) is 1.63. The van der Waals surface area contributed by atoms with Gasteiger partial charge in [0.25, 0.3) is 0 Å². The van der Waals surface area contributed by atoms with E-state index in [1.165, 1.54) is 12.1 Å². The van der Waals surface area contributed by atoms with Gasteiger partial charge in [-0.05, 0) is 36.2 Å². The lowest BCUT2D eigenvalue weighted by Crippen LogP contribution is -1.94. The molecule has 1 aromatic carbocycles. The summed E-state index contributed by atoms with van der Waals surface area (Å²) >= 11 is 0. The molecule has 0 radical (unpaired) electrons. The Kier molecular flexibility index (Phi) is 2.77. The third kappa shape index (κ3) is 1.84. The van der Waals surface area contributed by atoms with Crippen molar-refractivity contribution in [2.24, 2.45) is 0 Å². The SMILES string of the molecule is Cc1nccc(-c2cccc(F)c2)c1C=O. The third-order valence-corrected chi connectivity index (χ3v) is 2.44. The van der Waals surface area contributed by atoms with E-state index in [2.05, 4.69) is 4.98 Å². The van der Waals surface area contributed by atoms with Crippen molar-refractivity contribution in [2.75, 3.05) is 0 Å². The van der Waals surface area contributed by atoms with Gasteiger partial charge in [0, 0.05) is 17.5 Å². The van der Waals surface area contributed by atoms with Crippen molar-refractivity contribution >= 4 is 6.29 Å². The predicted octanol–water partition coefficient (Wildman–Crippen LogP) is 3.01. The summed E-state index contributed by atoms with van der Waals surface area (Å²) in [6, 6.07) is 7.88. The van der Waals surface area contributed by atoms with Crippen molar-refractivity contribution in [3.63, 3.8) is 0 Å². The molecule has 0 aliphatic carbocycles. The largest absolute Gasteiger partial charge is 0.298 e. The standard InChI is InChI=1S/C13H10FNO/c1-9-13(8-16)12(5-6-15-9)10-3-2-4-11(14)7-10/h2-8H,1H3. The summed E-state index contributed by atoms with van der Waals surface area (Å²) in [4.78, 5) is 15.0. The van der Waals surface area contributed by atoms with Crippen LogP contribution in [0.15, 0.2) is 36.5 Å². The summed E-state index contributed by atoms with van der Waals surface area (Å²) in [6.45, 7) is 1.76. The molecule has 2 nitrogen and oxygen atoms in total. The molecule has 0 aliphatic rings. The molecule has 2 rings (SSSR count). The van der Waals surface area contributed by atoms with E-state index in [4.69, 9.17) is 0 Å². The lowest BCUT2D eigenvalue weighted by atomic mass is 10.0. The number of halogens is 1. The first-order chi connectivity index (χ1) is 7.72. The maximum Gasteiger partial charge on any atom is 0.152 e. The molecule has 1 heterocycles. The maximum atomic E-state index is 13.1. The first kappa shape index (κ1) is 10.5. The summed E-state index contributed by atoms with van der Waals surface area (Å²) in [7, 11) is 0. The van der Waals surface area contributed by atoms with Crippen LogP contribution in [0.5, 0.6) is 0 Å². The Hall–Kier alpha value is -2.03. The van der Waals surface area contributed by atoms with Crippen LogP contribution in [0.3, 0.4) is 0 Å². The van der Waals surface area contributed by atoms with E-state index in [0.29, 0.717) is 22.4 Å². The van der Waals surface area contributed by atoms with Crippen molar-refractivity contribution < 1.29 is 9.18 Å². The van der Waals surface area contributed by atoms with Gasteiger partial charge >= 0.3 is 0 Å². The van der Waals surface area contributed by atoms with Crippen LogP contribution in [0.25, 0.3) is 11.1 Å². The Labute approximate surface area is 92.8 Å². The maximum absolute atomic E-state index is 13.1. The first-order valence-electron chi connectivity index (χ1n) is 4.89. The Balaban J connectivity index is 2.64. The number of aldehydes is 1. The molecule has 0 amide bonds. The number of pyridine rings is 1. The second-order valence-electron chi connectivity index (χ2n) is 3.49. The molecule has 0 atom stereocenters. The Bertz CT molecular complexity index is 537. The number of hydrogen-bond donors (Lipinski definition) is 0. The minimum absolute atomic E-state index is 0.316. The quantitative estimate of drug-likeness (QED) is 0.721. The summed E-state index contributed by atoms with van der Waals surface area (Å²) in [6.07, 6.45) is 2.37. The molecule has 0 bridgehead atoms. The van der Waals surface area contributed by atoms with Gasteiger partial charge in [0.15, 0.2) is 6.29 Å². The molecule has 0 spiro atoms. The van der Waals surface area contributed by atoms with Crippen molar-refractivity contribution in [2.45, 2.75) is 6.92 Å². The fraction of sp³-hybridized carbons (Fsp3) is 0.0769. The summed E-state index contributed by atoms with van der Waals surface area (Å²) in [5.74, 6) is -0.316. The number of aromatic nitrogens is 1. The van der Waals surface area contributed by atoms with E-state index < -0.39 is 0 Å². The zero-order chi connectivity index (χ0) is 11.5. The van der Waals surface area contributed by atoms with E-state index >= 15 is 0 Å². The number of carbonyl (C=O) groups is 1. The fourth-order valence-electron chi connectivity index (χ4n) is 1.63. The number of carbonyl (C=O) groups excluding carboxylic acids is 1. The Morgan fingerprint density at radius 1 is 1.31 bits per heavy atom. The average molecular weight is 215 g/mol. The number of aryl methyl sites for hydroxylation is 1. The molecule has 16 heavy (non-hydrogen) atoms. The van der Waals surface area contributed by atoms with Gasteiger partial charge in [-0.2, -0.15) is 0 Å². The zero-order valence-electron chi connectivity index (χ0n) is 8.77. The minimum Gasteiger partial charge on any atom is -0.298 e. The van der Waals surface area contributed by atoms with Gasteiger partial charge in [0.05, 0.1) is 0 Å². The zero-order valence-corrected chi connectivity index (χ0v) is 8.77. The van der Waals surface area contributed by atoms with Gasteiger partial charge in [0.1, 0.15) is 5.82 Å². The normalized spacial score (nSPS) is 10.1. The second-order valence-corrected chi connectivity index (χ2v) is 3.49. The Morgan fingerprint density at radius 3 is 2.81 bits per heavy atom. The van der Waals surface area contributed by atoms with Crippen molar-refractivity contribution in [1.29, 1.82) is 0 Å². The van der Waals surface area contributed by atoms with Crippen molar-refractivity contribution in [3.05, 3.63) is 53.6 Å². The van der Waals surface area contributed by atoms with Gasteiger partial charge < -0.3 is 0 Å². The average Bonchev–Trinajstić information content (AvgIpc) is 2.28. The number of hydrogen-bond acceptors (Lipinski definition) is 2. The van der Waals surface area contributed by atoms with Crippen LogP contribution in [0, 0.1) is 12.7 Å². The molecule has 80 valence electrons. The molecule has 2 aromatic rings. The minimum atomic E-state index is -0.316. The van der Waals surface area contributed by atoms with Crippen LogP contribution < -0.4 is 0 Å². The third-order valence-electron chi connectivity index (χ3n) is 2.44. The van der Waals surface area contributed by atoms with Gasteiger partial charge in [-0.15, -0.1) is 0 Å². The van der Waals surface area contributed by atoms with Crippen molar-refractivity contribution in [3.8, 4) is 11.1 Å². The Morgan fingerprint density at radius 2 is 2.12 bits per heavy atom. The summed E-state index contributed by atoms with van der Waals surface area (Å²) in [5, 5.41) is 0.